The van der Waals surface area contributed by atoms with E-state index < -0.39 is 5.97 Å². The molecule has 2 N–H and O–H groups in total. The van der Waals surface area contributed by atoms with E-state index in [1.165, 1.54) is 6.42 Å². The molecule has 2 amide bonds. The van der Waals surface area contributed by atoms with Gasteiger partial charge in [0.2, 0.25) is 0 Å². The lowest BCUT2D eigenvalue weighted by Crippen LogP contribution is -2.49. The smallest absolute Gasteiger partial charge is 0.317 e. The fourth-order valence-electron chi connectivity index (χ4n) is 2.89. The third-order valence-electron chi connectivity index (χ3n) is 4.20. The lowest BCUT2D eigenvalue weighted by atomic mass is 9.66. The molecule has 0 unspecified atom stereocenters. The molecule has 0 aromatic rings. The van der Waals surface area contributed by atoms with Gasteiger partial charge in [0, 0.05) is 19.6 Å². The normalized spacial score (nSPS) is 22.1. The summed E-state index contributed by atoms with van der Waals surface area (Å²) in [6.45, 7) is 2.17. The van der Waals surface area contributed by atoms with Crippen molar-refractivity contribution in [2.24, 2.45) is 5.41 Å². The molecule has 102 valence electrons. The number of hydrogen-bond acceptors (Lipinski definition) is 2. The van der Waals surface area contributed by atoms with Crippen LogP contribution in [0.15, 0.2) is 0 Å². The highest BCUT2D eigenvalue weighted by Gasteiger charge is 2.39. The predicted molar refractivity (Wildman–Crippen MR) is 67.4 cm³/mol. The summed E-state index contributed by atoms with van der Waals surface area (Å²) < 4.78 is 0. The molecule has 0 spiro atoms. The average molecular weight is 254 g/mol. The molecule has 1 saturated carbocycles. The zero-order valence-electron chi connectivity index (χ0n) is 10.8. The predicted octanol–water partition coefficient (Wildman–Crippen LogP) is 1.83. The number of urea groups is 1. The van der Waals surface area contributed by atoms with E-state index in [-0.39, 0.29) is 17.9 Å². The van der Waals surface area contributed by atoms with Crippen LogP contribution < -0.4 is 5.32 Å². The van der Waals surface area contributed by atoms with Crippen LogP contribution in [0.4, 0.5) is 4.79 Å². The third-order valence-corrected chi connectivity index (χ3v) is 4.20. The van der Waals surface area contributed by atoms with Gasteiger partial charge in [-0.2, -0.15) is 0 Å². The van der Waals surface area contributed by atoms with Crippen LogP contribution in [0.25, 0.3) is 0 Å². The quantitative estimate of drug-likeness (QED) is 0.804. The molecule has 0 aromatic heterocycles. The number of nitrogens with one attached hydrogen (secondary N) is 1. The maximum absolute atomic E-state index is 11.9. The Morgan fingerprint density at radius 1 is 1.11 bits per heavy atom. The number of carbonyl (C=O) groups is 2. The van der Waals surface area contributed by atoms with Gasteiger partial charge >= 0.3 is 12.0 Å². The molecule has 2 aliphatic rings. The molecular formula is C13H22N2O3. The van der Waals surface area contributed by atoms with E-state index in [1.54, 1.807) is 0 Å². The third kappa shape index (κ3) is 3.15. The maximum Gasteiger partial charge on any atom is 0.317 e. The Kier molecular flexibility index (Phi) is 4.09. The number of amides is 2. The van der Waals surface area contributed by atoms with Crippen LogP contribution in [0, 0.1) is 5.41 Å². The zero-order chi connectivity index (χ0) is 13.0. The molecule has 0 radical (unpaired) electrons. The van der Waals surface area contributed by atoms with E-state index in [2.05, 4.69) is 5.32 Å². The van der Waals surface area contributed by atoms with E-state index >= 15 is 0 Å². The number of aliphatic carboxylic acids is 1. The lowest BCUT2D eigenvalue weighted by molar-refractivity contribution is -0.141. The van der Waals surface area contributed by atoms with Crippen molar-refractivity contribution in [3.63, 3.8) is 0 Å². The molecule has 2 rings (SSSR count). The molecule has 0 aromatic carbocycles. The lowest BCUT2D eigenvalue weighted by Gasteiger charge is -2.41. The molecule has 1 heterocycles. The van der Waals surface area contributed by atoms with Crippen molar-refractivity contribution < 1.29 is 14.7 Å². The van der Waals surface area contributed by atoms with Gasteiger partial charge in [-0.25, -0.2) is 4.79 Å². The number of rotatable bonds is 4. The first-order valence-electron chi connectivity index (χ1n) is 6.86. The standard InChI is InChI=1S/C13H22N2O3/c16-11(17)9-13(5-4-6-13)10-14-12(18)15-7-2-1-3-8-15/h1-10H2,(H,14,18)(H,16,17). The number of nitrogens with zero attached hydrogens (tertiary/aromatic N) is 1. The van der Waals surface area contributed by atoms with E-state index in [9.17, 15) is 9.59 Å². The number of carbonyl (C=O) groups excluding carboxylic acids is 1. The van der Waals surface area contributed by atoms with Gasteiger partial charge in [-0.3, -0.25) is 4.79 Å². The molecule has 1 saturated heterocycles. The number of hydrogen-bond donors (Lipinski definition) is 2. The number of likely N-dealkylation sites (tertiary alicyclic amines) is 1. The summed E-state index contributed by atoms with van der Waals surface area (Å²) in [5, 5.41) is 11.8. The van der Waals surface area contributed by atoms with Gasteiger partial charge in [0.1, 0.15) is 0 Å². The molecule has 1 aliphatic carbocycles. The fourth-order valence-corrected chi connectivity index (χ4v) is 2.89. The van der Waals surface area contributed by atoms with Crippen LogP contribution in [0.2, 0.25) is 0 Å². The van der Waals surface area contributed by atoms with E-state index in [0.717, 1.165) is 45.2 Å². The summed E-state index contributed by atoms with van der Waals surface area (Å²) in [5.74, 6) is -0.762. The SMILES string of the molecule is O=C(O)CC1(CNC(=O)N2CCCCC2)CCC1. The van der Waals surface area contributed by atoms with E-state index in [1.807, 2.05) is 4.90 Å². The van der Waals surface area contributed by atoms with Crippen molar-refractivity contribution in [2.45, 2.75) is 44.9 Å². The van der Waals surface area contributed by atoms with Crippen LogP contribution in [0.3, 0.4) is 0 Å². The Balaban J connectivity index is 1.78. The van der Waals surface area contributed by atoms with Crippen molar-refractivity contribution in [1.29, 1.82) is 0 Å². The van der Waals surface area contributed by atoms with Crippen molar-refractivity contribution in [3.05, 3.63) is 0 Å². The summed E-state index contributed by atoms with van der Waals surface area (Å²) in [6, 6.07) is -0.0219. The van der Waals surface area contributed by atoms with Gasteiger partial charge in [-0.15, -0.1) is 0 Å². The minimum Gasteiger partial charge on any atom is -0.481 e. The Labute approximate surface area is 108 Å². The van der Waals surface area contributed by atoms with Gasteiger partial charge in [0.05, 0.1) is 6.42 Å². The minimum absolute atomic E-state index is 0.0219. The monoisotopic (exact) mass is 254 g/mol. The summed E-state index contributed by atoms with van der Waals surface area (Å²) in [4.78, 5) is 24.6. The molecule has 5 heteroatoms. The second-order valence-electron chi connectivity index (χ2n) is 5.63. The van der Waals surface area contributed by atoms with Gasteiger partial charge in [0.15, 0.2) is 0 Å². The molecule has 18 heavy (non-hydrogen) atoms. The summed E-state index contributed by atoms with van der Waals surface area (Å²) >= 11 is 0. The molecule has 2 fully saturated rings. The molecule has 1 aliphatic heterocycles. The highest BCUT2D eigenvalue weighted by atomic mass is 16.4. The zero-order valence-corrected chi connectivity index (χ0v) is 10.8. The number of piperidine rings is 1. The molecule has 0 atom stereocenters. The summed E-state index contributed by atoms with van der Waals surface area (Å²) in [6.07, 6.45) is 6.44. The van der Waals surface area contributed by atoms with Gasteiger partial charge in [-0.05, 0) is 37.5 Å². The van der Waals surface area contributed by atoms with E-state index in [0.29, 0.717) is 6.54 Å². The van der Waals surface area contributed by atoms with Gasteiger partial charge in [-0.1, -0.05) is 6.42 Å². The minimum atomic E-state index is -0.762. The highest BCUT2D eigenvalue weighted by molar-refractivity contribution is 5.74. The van der Waals surface area contributed by atoms with Crippen molar-refractivity contribution in [3.8, 4) is 0 Å². The van der Waals surface area contributed by atoms with Crippen molar-refractivity contribution in [1.82, 2.24) is 10.2 Å². The second kappa shape index (κ2) is 5.59. The molecular weight excluding hydrogens is 232 g/mol. The van der Waals surface area contributed by atoms with E-state index in [4.69, 9.17) is 5.11 Å². The van der Waals surface area contributed by atoms with Crippen LogP contribution >= 0.6 is 0 Å². The Morgan fingerprint density at radius 3 is 2.28 bits per heavy atom. The van der Waals surface area contributed by atoms with Crippen LogP contribution in [0.5, 0.6) is 0 Å². The highest BCUT2D eigenvalue weighted by Crippen LogP contribution is 2.43. The first-order valence-corrected chi connectivity index (χ1v) is 6.86. The van der Waals surface area contributed by atoms with Gasteiger partial charge < -0.3 is 15.3 Å². The van der Waals surface area contributed by atoms with Crippen LogP contribution in [-0.4, -0.2) is 41.6 Å². The van der Waals surface area contributed by atoms with Crippen LogP contribution in [0.1, 0.15) is 44.9 Å². The molecule has 0 bridgehead atoms. The average Bonchev–Trinajstić information content (AvgIpc) is 2.32. The largest absolute Gasteiger partial charge is 0.481 e. The van der Waals surface area contributed by atoms with Crippen molar-refractivity contribution in [2.75, 3.05) is 19.6 Å². The van der Waals surface area contributed by atoms with Gasteiger partial charge in [0.25, 0.3) is 0 Å². The van der Waals surface area contributed by atoms with Crippen LogP contribution in [-0.2, 0) is 4.79 Å². The number of carboxylic acids is 1. The Bertz CT molecular complexity index is 320. The molecule has 5 nitrogen and oxygen atoms in total. The first-order chi connectivity index (χ1) is 8.61. The second-order valence-corrected chi connectivity index (χ2v) is 5.63. The summed E-state index contributed by atoms with van der Waals surface area (Å²) in [7, 11) is 0. The maximum atomic E-state index is 11.9. The van der Waals surface area contributed by atoms with Crippen molar-refractivity contribution >= 4 is 12.0 Å². The summed E-state index contributed by atoms with van der Waals surface area (Å²) in [5.41, 5.74) is -0.183. The Hall–Kier alpha value is -1.26. The topological polar surface area (TPSA) is 69.6 Å². The first kappa shape index (κ1) is 13.2. The number of carboxylic acid groups (broad SMARTS) is 1. The fraction of sp³-hybridized carbons (Fsp3) is 0.846. The Morgan fingerprint density at radius 2 is 1.78 bits per heavy atom.